The minimum atomic E-state index is -1.54. The second-order valence-corrected chi connectivity index (χ2v) is 17.0. The summed E-state index contributed by atoms with van der Waals surface area (Å²) in [4.78, 5) is 39.3. The highest BCUT2D eigenvalue weighted by Gasteiger charge is 2.46. The molecule has 4 N–H and O–H groups in total. The van der Waals surface area contributed by atoms with Crippen LogP contribution in [0.3, 0.4) is 0 Å². The first kappa shape index (κ1) is 52.3. The maximum atomic E-state index is 13.5. The van der Waals surface area contributed by atoms with E-state index in [2.05, 4.69) is 0 Å². The van der Waals surface area contributed by atoms with E-state index in [1.165, 1.54) is 44.5 Å². The second-order valence-electron chi connectivity index (χ2n) is 17.0. The Morgan fingerprint density at radius 2 is 1.68 bits per heavy atom. The van der Waals surface area contributed by atoms with Crippen LogP contribution in [0, 0.1) is 29.6 Å². The van der Waals surface area contributed by atoms with E-state index in [-0.39, 0.29) is 43.0 Å². The summed E-state index contributed by atoms with van der Waals surface area (Å²) in [5, 5.41) is 45.6. The van der Waals surface area contributed by atoms with Crippen LogP contribution in [0.2, 0.25) is 0 Å². The number of aliphatic hydroxyl groups is 4. The smallest absolute Gasteiger partial charge is 0.331 e. The van der Waals surface area contributed by atoms with E-state index in [0.717, 1.165) is 0 Å². The van der Waals surface area contributed by atoms with Gasteiger partial charge in [0.15, 0.2) is 0 Å². The lowest BCUT2D eigenvalue weighted by molar-refractivity contribution is -0.184. The van der Waals surface area contributed by atoms with Gasteiger partial charge in [-0.25, -0.2) is 4.79 Å². The first-order chi connectivity index (χ1) is 27.7. The maximum Gasteiger partial charge on any atom is 0.331 e. The summed E-state index contributed by atoms with van der Waals surface area (Å²) in [5.41, 5.74) is -1.03. The summed E-state index contributed by atoms with van der Waals surface area (Å²) in [6.45, 7) is 12.6. The monoisotopic (exact) mass is 838 g/mol. The normalized spacial score (nSPS) is 34.9. The molecular formula is C45H75NO13. The Bertz CT molecular complexity index is 1410. The Morgan fingerprint density at radius 3 is 2.27 bits per heavy atom. The van der Waals surface area contributed by atoms with Crippen molar-refractivity contribution < 1.29 is 63.2 Å². The SMILES string of the molecule is CO[C@H]([C@H](C)/C=C/N(C)C=O)[C@@H](C)C(=O)CC[C@H](C)[C@H](O)[C@H](C)[C@H]1OC(=O)/C=C/C(C)=C/[C@H](O)[C@H](O)C[C@@H]2C=CC[C@@H](C[C@H](OC)[C@](C)(O)[C@@H](OC)C[C@@H](OC)[C@@H]1C)O2. The molecule has 0 spiro atoms. The molecule has 0 fully saturated rings. The molecule has 0 saturated heterocycles. The number of Topliss-reactive ketones (excluding diaryl/α,β-unsaturated/α-hetero) is 1. The van der Waals surface area contributed by atoms with Crippen LogP contribution in [0.1, 0.15) is 87.0 Å². The molecular weight excluding hydrogens is 762 g/mol. The maximum absolute atomic E-state index is 13.5. The number of fused-ring (bicyclic) bond motifs is 2. The number of ether oxygens (including phenoxy) is 6. The van der Waals surface area contributed by atoms with E-state index in [9.17, 15) is 34.8 Å². The van der Waals surface area contributed by atoms with Gasteiger partial charge in [0.1, 0.15) is 17.5 Å². The quantitative estimate of drug-likeness (QED) is 0.0978. The van der Waals surface area contributed by atoms with Crippen LogP contribution in [-0.4, -0.2) is 146 Å². The molecule has 1 amide bonds. The lowest BCUT2D eigenvalue weighted by Crippen LogP contribution is -2.55. The van der Waals surface area contributed by atoms with Crippen LogP contribution >= 0.6 is 0 Å². The summed E-state index contributed by atoms with van der Waals surface area (Å²) in [7, 11) is 7.72. The lowest BCUT2D eigenvalue weighted by Gasteiger charge is -2.42. The van der Waals surface area contributed by atoms with Crippen LogP contribution in [0.5, 0.6) is 0 Å². The van der Waals surface area contributed by atoms with Gasteiger partial charge in [-0.2, -0.15) is 0 Å². The fraction of sp³-hybridized carbons (Fsp3) is 0.756. The fourth-order valence-electron chi connectivity index (χ4n) is 8.39. The Labute approximate surface area is 352 Å². The zero-order chi connectivity index (χ0) is 44.6. The van der Waals surface area contributed by atoms with Crippen LogP contribution in [-0.2, 0) is 42.8 Å². The molecule has 59 heavy (non-hydrogen) atoms. The Balaban J connectivity index is 2.44. The van der Waals surface area contributed by atoms with Crippen LogP contribution < -0.4 is 0 Å². The number of esters is 1. The van der Waals surface area contributed by atoms with Crippen molar-refractivity contribution in [1.29, 1.82) is 0 Å². The molecule has 0 unspecified atom stereocenters. The van der Waals surface area contributed by atoms with Crippen LogP contribution in [0.15, 0.2) is 48.2 Å². The summed E-state index contributed by atoms with van der Waals surface area (Å²) in [6.07, 6.45) is 6.09. The van der Waals surface area contributed by atoms with E-state index in [1.807, 2.05) is 45.9 Å². The third kappa shape index (κ3) is 15.6. The summed E-state index contributed by atoms with van der Waals surface area (Å²) < 4.78 is 35.9. The zero-order valence-corrected chi connectivity index (χ0v) is 37.4. The molecule has 14 heteroatoms. The average molecular weight is 838 g/mol. The van der Waals surface area contributed by atoms with Gasteiger partial charge in [-0.15, -0.1) is 0 Å². The first-order valence-corrected chi connectivity index (χ1v) is 20.9. The molecule has 2 aliphatic rings. The van der Waals surface area contributed by atoms with Gasteiger partial charge in [0.2, 0.25) is 6.41 Å². The van der Waals surface area contributed by atoms with Gasteiger partial charge in [-0.05, 0) is 32.6 Å². The zero-order valence-electron chi connectivity index (χ0n) is 37.4. The fourth-order valence-corrected chi connectivity index (χ4v) is 8.39. The molecule has 2 bridgehead atoms. The Morgan fingerprint density at radius 1 is 1.03 bits per heavy atom. The number of methoxy groups -OCH3 is 4. The summed E-state index contributed by atoms with van der Waals surface area (Å²) >= 11 is 0. The van der Waals surface area contributed by atoms with E-state index >= 15 is 0 Å². The number of cyclic esters (lactones) is 1. The molecule has 16 atom stereocenters. The predicted molar refractivity (Wildman–Crippen MR) is 224 cm³/mol. The average Bonchev–Trinajstić information content (AvgIpc) is 3.21. The van der Waals surface area contributed by atoms with Crippen molar-refractivity contribution in [3.63, 3.8) is 0 Å². The van der Waals surface area contributed by atoms with Gasteiger partial charge < -0.3 is 53.7 Å². The Kier molecular flexibility index (Phi) is 22.4. The molecule has 0 aromatic rings. The van der Waals surface area contributed by atoms with Gasteiger partial charge in [0.25, 0.3) is 0 Å². The van der Waals surface area contributed by atoms with E-state index in [0.29, 0.717) is 31.2 Å². The number of rotatable bonds is 16. The van der Waals surface area contributed by atoms with Crippen molar-refractivity contribution in [3.8, 4) is 0 Å². The number of hydrogen-bond donors (Lipinski definition) is 4. The van der Waals surface area contributed by atoms with Gasteiger partial charge in [-0.3, -0.25) is 9.59 Å². The number of carbonyl (C=O) groups excluding carboxylic acids is 3. The lowest BCUT2D eigenvalue weighted by atomic mass is 9.77. The first-order valence-electron chi connectivity index (χ1n) is 20.9. The second kappa shape index (κ2) is 25.2. The molecule has 2 heterocycles. The van der Waals surface area contributed by atoms with Gasteiger partial charge >= 0.3 is 5.97 Å². The minimum Gasteiger partial charge on any atom is -0.458 e. The standard InChI is InChI=1S/C45H75NO13/c1-27-16-19-41(51)59-44(32(6)42(52)28(2)17-18-35(48)30(4)43(57-12)29(3)20-21-46(8)26-47)31(5)38(54-9)25-40(56-11)45(7,53)39(55-10)24-34-15-13-14-33(58-34)23-37(50)36(49)22-27/h13-14,16,19-22,26,28-34,36-40,42-44,49-50,52-53H,15,17-18,23-25H2,1-12H3/b19-16+,21-20+,27-22+/t28-,29+,30-,31-,32-,33-,34-,36-,37+,38+,39-,40-,42-,43+,44-,45-/m0/s1. The molecule has 0 aliphatic carbocycles. The third-order valence-corrected chi connectivity index (χ3v) is 12.4. The van der Waals surface area contributed by atoms with Crippen LogP contribution in [0.4, 0.5) is 0 Å². The molecule has 0 aromatic heterocycles. The number of amides is 1. The number of allylic oxidation sites excluding steroid dienone is 2. The molecule has 2 rings (SSSR count). The predicted octanol–water partition coefficient (Wildman–Crippen LogP) is 4.32. The van der Waals surface area contributed by atoms with E-state index < -0.39 is 84.3 Å². The number of ketones is 1. The number of carbonyl (C=O) groups is 3. The van der Waals surface area contributed by atoms with Crippen molar-refractivity contribution in [2.24, 2.45) is 29.6 Å². The minimum absolute atomic E-state index is 0.0288. The number of nitrogens with zero attached hydrogens (tertiary/aromatic N) is 1. The highest BCUT2D eigenvalue weighted by Crippen LogP contribution is 2.35. The van der Waals surface area contributed by atoms with Gasteiger partial charge in [0, 0.05) is 97.1 Å². The molecule has 14 nitrogen and oxygen atoms in total. The van der Waals surface area contributed by atoms with E-state index in [4.69, 9.17) is 28.4 Å². The van der Waals surface area contributed by atoms with Crippen LogP contribution in [0.25, 0.3) is 0 Å². The molecule has 0 aromatic carbocycles. The molecule has 0 saturated carbocycles. The van der Waals surface area contributed by atoms with Gasteiger partial charge in [0.05, 0.1) is 54.9 Å². The number of hydrogen-bond acceptors (Lipinski definition) is 13. The number of aliphatic hydroxyl groups excluding tert-OH is 3. The van der Waals surface area contributed by atoms with Crippen molar-refractivity contribution in [2.45, 2.75) is 154 Å². The third-order valence-electron chi connectivity index (χ3n) is 12.4. The summed E-state index contributed by atoms with van der Waals surface area (Å²) in [5.74, 6) is -2.89. The van der Waals surface area contributed by atoms with Gasteiger partial charge in [-0.1, -0.05) is 70.6 Å². The topological polar surface area (TPSA) is 191 Å². The van der Waals surface area contributed by atoms with Crippen molar-refractivity contribution in [3.05, 3.63) is 48.2 Å². The van der Waals surface area contributed by atoms with Crippen molar-refractivity contribution >= 4 is 18.2 Å². The molecule has 2 aliphatic heterocycles. The van der Waals surface area contributed by atoms with E-state index in [1.54, 1.807) is 41.1 Å². The molecule has 338 valence electrons. The van der Waals surface area contributed by atoms with Crippen molar-refractivity contribution in [1.82, 2.24) is 4.90 Å². The molecule has 0 radical (unpaired) electrons. The summed E-state index contributed by atoms with van der Waals surface area (Å²) in [6, 6.07) is 0. The Hall–Kier alpha value is -2.79. The van der Waals surface area contributed by atoms with Crippen molar-refractivity contribution in [2.75, 3.05) is 35.5 Å². The highest BCUT2D eigenvalue weighted by atomic mass is 16.6. The largest absolute Gasteiger partial charge is 0.458 e. The highest BCUT2D eigenvalue weighted by molar-refractivity contribution is 5.82.